The summed E-state index contributed by atoms with van der Waals surface area (Å²) >= 11 is 11.8. The molecule has 0 bridgehead atoms. The summed E-state index contributed by atoms with van der Waals surface area (Å²) in [5, 5.41) is 12.4. The number of carboxylic acids is 1. The number of hydrogen-bond donors (Lipinski definition) is 2. The average molecular weight is 364 g/mol. The topological polar surface area (TPSA) is 83.7 Å². The van der Waals surface area contributed by atoms with E-state index in [4.69, 9.17) is 28.3 Å². The molecule has 2 N–H and O–H groups in total. The largest absolute Gasteiger partial charge is 0.478 e. The lowest BCUT2D eigenvalue weighted by Gasteiger charge is -2.08. The van der Waals surface area contributed by atoms with E-state index < -0.39 is 11.9 Å². The number of rotatable bonds is 3. The first-order valence-corrected chi connectivity index (χ1v) is 7.61. The Hall–Kier alpha value is -2.57. The van der Waals surface area contributed by atoms with Crippen molar-refractivity contribution in [1.29, 1.82) is 0 Å². The van der Waals surface area contributed by atoms with Crippen molar-refractivity contribution in [2.45, 2.75) is 6.92 Å². The number of anilines is 1. The summed E-state index contributed by atoms with van der Waals surface area (Å²) in [4.78, 5) is 28.0. The number of aryl methyl sites for hydroxylation is 1. The number of aromatic nitrogens is 2. The number of fused-ring (bicyclic) bond motifs is 1. The van der Waals surface area contributed by atoms with E-state index in [1.54, 1.807) is 29.7 Å². The van der Waals surface area contributed by atoms with Crippen molar-refractivity contribution in [2.75, 3.05) is 5.32 Å². The molecule has 24 heavy (non-hydrogen) atoms. The number of hydrogen-bond acceptors (Lipinski definition) is 3. The van der Waals surface area contributed by atoms with Crippen LogP contribution in [0.2, 0.25) is 10.0 Å². The number of nitrogens with zero attached hydrogens (tertiary/aromatic N) is 2. The van der Waals surface area contributed by atoms with E-state index >= 15 is 0 Å². The number of aromatic carboxylic acids is 1. The number of amides is 1. The van der Waals surface area contributed by atoms with Gasteiger partial charge in [-0.05, 0) is 31.2 Å². The molecule has 1 aromatic carbocycles. The Kier molecular flexibility index (Phi) is 4.17. The van der Waals surface area contributed by atoms with E-state index in [1.165, 1.54) is 18.2 Å². The zero-order valence-electron chi connectivity index (χ0n) is 12.4. The molecule has 0 spiro atoms. The summed E-state index contributed by atoms with van der Waals surface area (Å²) in [5.74, 6) is -1.59. The Morgan fingerprint density at radius 3 is 2.67 bits per heavy atom. The SMILES string of the molecule is Cc1nc2cc(Cl)ccn2c1C(=O)Nc1ccc(Cl)c(C(=O)O)c1. The van der Waals surface area contributed by atoms with Crippen molar-refractivity contribution in [1.82, 2.24) is 9.38 Å². The van der Waals surface area contributed by atoms with E-state index in [1.807, 2.05) is 0 Å². The molecule has 122 valence electrons. The van der Waals surface area contributed by atoms with E-state index in [0.29, 0.717) is 27.7 Å². The van der Waals surface area contributed by atoms with Gasteiger partial charge in [0.25, 0.3) is 5.91 Å². The maximum absolute atomic E-state index is 12.6. The van der Waals surface area contributed by atoms with Crippen LogP contribution in [-0.4, -0.2) is 26.4 Å². The summed E-state index contributed by atoms with van der Waals surface area (Å²) < 4.78 is 1.62. The van der Waals surface area contributed by atoms with Gasteiger partial charge in [0, 0.05) is 23.0 Å². The Morgan fingerprint density at radius 1 is 1.21 bits per heavy atom. The maximum Gasteiger partial charge on any atom is 0.337 e. The lowest BCUT2D eigenvalue weighted by atomic mass is 10.2. The van der Waals surface area contributed by atoms with E-state index in [9.17, 15) is 9.59 Å². The minimum Gasteiger partial charge on any atom is -0.478 e. The zero-order valence-corrected chi connectivity index (χ0v) is 13.9. The molecule has 3 aromatic rings. The predicted octanol–water partition coefficient (Wildman–Crippen LogP) is 3.90. The average Bonchev–Trinajstić information content (AvgIpc) is 2.83. The number of carboxylic acid groups (broad SMARTS) is 1. The molecule has 0 radical (unpaired) electrons. The first kappa shape index (κ1) is 16.3. The number of carbonyl (C=O) groups is 2. The van der Waals surface area contributed by atoms with Crippen LogP contribution >= 0.6 is 23.2 Å². The minimum atomic E-state index is -1.17. The van der Waals surface area contributed by atoms with Crippen LogP contribution in [0.5, 0.6) is 0 Å². The molecule has 0 aliphatic rings. The molecule has 0 aliphatic heterocycles. The summed E-state index contributed by atoms with van der Waals surface area (Å²) in [5.41, 5.74) is 1.66. The normalized spacial score (nSPS) is 10.8. The van der Waals surface area contributed by atoms with Gasteiger partial charge in [0.1, 0.15) is 11.3 Å². The minimum absolute atomic E-state index is 0.0869. The molecule has 0 saturated carbocycles. The fourth-order valence-corrected chi connectivity index (χ4v) is 2.72. The van der Waals surface area contributed by atoms with Crippen molar-refractivity contribution in [3.05, 3.63) is 63.5 Å². The highest BCUT2D eigenvalue weighted by Gasteiger charge is 2.18. The molecule has 0 unspecified atom stereocenters. The predicted molar refractivity (Wildman–Crippen MR) is 91.3 cm³/mol. The first-order valence-electron chi connectivity index (χ1n) is 6.85. The fourth-order valence-electron chi connectivity index (χ4n) is 2.37. The number of benzene rings is 1. The molecule has 3 rings (SSSR count). The molecular weight excluding hydrogens is 353 g/mol. The van der Waals surface area contributed by atoms with Gasteiger partial charge in [0.2, 0.25) is 0 Å². The summed E-state index contributed by atoms with van der Waals surface area (Å²) in [7, 11) is 0. The van der Waals surface area contributed by atoms with Gasteiger partial charge in [-0.15, -0.1) is 0 Å². The van der Waals surface area contributed by atoms with Gasteiger partial charge in [0.15, 0.2) is 0 Å². The van der Waals surface area contributed by atoms with Crippen LogP contribution in [0.15, 0.2) is 36.5 Å². The highest BCUT2D eigenvalue weighted by atomic mass is 35.5. The van der Waals surface area contributed by atoms with Crippen LogP contribution in [0.4, 0.5) is 5.69 Å². The number of imidazole rings is 1. The first-order chi connectivity index (χ1) is 11.4. The smallest absolute Gasteiger partial charge is 0.337 e. The van der Waals surface area contributed by atoms with Crippen molar-refractivity contribution in [2.24, 2.45) is 0 Å². The quantitative estimate of drug-likeness (QED) is 0.738. The van der Waals surface area contributed by atoms with E-state index in [0.717, 1.165) is 0 Å². The van der Waals surface area contributed by atoms with Gasteiger partial charge in [-0.2, -0.15) is 0 Å². The standard InChI is InChI=1S/C16H11Cl2N3O3/c1-8-14(21-5-4-9(17)6-13(21)19-8)15(22)20-10-2-3-12(18)11(7-10)16(23)24/h2-7H,1H3,(H,20,22)(H,23,24). The van der Waals surface area contributed by atoms with Crippen LogP contribution in [0, 0.1) is 6.92 Å². The third-order valence-corrected chi connectivity index (χ3v) is 4.00. The molecule has 0 atom stereocenters. The number of pyridine rings is 1. The highest BCUT2D eigenvalue weighted by molar-refractivity contribution is 6.33. The van der Waals surface area contributed by atoms with Crippen molar-refractivity contribution in [3.8, 4) is 0 Å². The molecule has 2 heterocycles. The number of nitrogens with one attached hydrogen (secondary N) is 1. The molecule has 0 fully saturated rings. The number of halogens is 2. The van der Waals surface area contributed by atoms with Crippen LogP contribution in [0.25, 0.3) is 5.65 Å². The van der Waals surface area contributed by atoms with Gasteiger partial charge >= 0.3 is 5.97 Å². The van der Waals surface area contributed by atoms with Crippen LogP contribution in [0.1, 0.15) is 26.5 Å². The fraction of sp³-hybridized carbons (Fsp3) is 0.0625. The zero-order chi connectivity index (χ0) is 17.4. The Bertz CT molecular complexity index is 982. The third kappa shape index (κ3) is 2.93. The molecular formula is C16H11Cl2N3O3. The Morgan fingerprint density at radius 2 is 1.96 bits per heavy atom. The second-order valence-electron chi connectivity index (χ2n) is 5.07. The van der Waals surface area contributed by atoms with Crippen LogP contribution in [0.3, 0.4) is 0 Å². The summed E-state index contributed by atoms with van der Waals surface area (Å²) in [6.07, 6.45) is 1.65. The second kappa shape index (κ2) is 6.14. The second-order valence-corrected chi connectivity index (χ2v) is 5.92. The lowest BCUT2D eigenvalue weighted by molar-refractivity contribution is 0.0696. The van der Waals surface area contributed by atoms with Gasteiger partial charge in [-0.3, -0.25) is 9.20 Å². The van der Waals surface area contributed by atoms with Gasteiger partial charge in [0.05, 0.1) is 16.3 Å². The highest BCUT2D eigenvalue weighted by Crippen LogP contribution is 2.22. The molecule has 0 saturated heterocycles. The maximum atomic E-state index is 12.6. The van der Waals surface area contributed by atoms with E-state index in [-0.39, 0.29) is 10.6 Å². The monoisotopic (exact) mass is 363 g/mol. The molecule has 6 nitrogen and oxygen atoms in total. The van der Waals surface area contributed by atoms with Crippen LogP contribution < -0.4 is 5.32 Å². The van der Waals surface area contributed by atoms with Crippen molar-refractivity contribution >= 4 is 46.4 Å². The molecule has 8 heteroatoms. The lowest BCUT2D eigenvalue weighted by Crippen LogP contribution is -2.16. The van der Waals surface area contributed by atoms with Crippen molar-refractivity contribution in [3.63, 3.8) is 0 Å². The third-order valence-electron chi connectivity index (χ3n) is 3.43. The van der Waals surface area contributed by atoms with Gasteiger partial charge < -0.3 is 10.4 Å². The summed E-state index contributed by atoms with van der Waals surface area (Å²) in [6.45, 7) is 1.71. The molecule has 2 aromatic heterocycles. The van der Waals surface area contributed by atoms with Crippen molar-refractivity contribution < 1.29 is 14.7 Å². The Labute approximate surface area is 146 Å². The molecule has 0 aliphatic carbocycles. The van der Waals surface area contributed by atoms with Crippen LogP contribution in [-0.2, 0) is 0 Å². The summed E-state index contributed by atoms with van der Waals surface area (Å²) in [6, 6.07) is 7.55. The van der Waals surface area contributed by atoms with Gasteiger partial charge in [-0.25, -0.2) is 9.78 Å². The number of carbonyl (C=O) groups excluding carboxylic acids is 1. The molecule has 1 amide bonds. The van der Waals surface area contributed by atoms with Gasteiger partial charge in [-0.1, -0.05) is 23.2 Å². The Balaban J connectivity index is 1.98. The van der Waals surface area contributed by atoms with E-state index in [2.05, 4.69) is 10.3 Å².